The van der Waals surface area contributed by atoms with E-state index in [1.54, 1.807) is 0 Å². The molecule has 0 fully saturated rings. The lowest BCUT2D eigenvalue weighted by molar-refractivity contribution is -0.0928. The quantitative estimate of drug-likeness (QED) is 0.343. The van der Waals surface area contributed by atoms with Crippen molar-refractivity contribution in [1.82, 2.24) is 0 Å². The molecule has 0 heterocycles. The molecule has 3 N–H and O–H groups in total. The van der Waals surface area contributed by atoms with Gasteiger partial charge in [-0.1, -0.05) is 94.4 Å². The van der Waals surface area contributed by atoms with Crippen LogP contribution in [-0.2, 0) is 19.3 Å². The molecule has 4 atom stereocenters. The molecule has 4 heteroatoms. The SMILES string of the molecule is C=C(N)C1=C(C)[C@@H](C(C)C)[C@]2(C)C[C@]3(C)Cc4c(N(C)C)cc(CCc5ccc(C)cc5)c(Cl)c4C(=C)C3=C(C)[C@]2(O)C1=C. The number of fused-ring (bicyclic) bond motifs is 3. The summed E-state index contributed by atoms with van der Waals surface area (Å²) >= 11 is 7.37. The highest BCUT2D eigenvalue weighted by Crippen LogP contribution is 2.69. The van der Waals surface area contributed by atoms with Crippen LogP contribution in [0, 0.1) is 29.6 Å². The van der Waals surface area contributed by atoms with Gasteiger partial charge in [-0.05, 0) is 109 Å². The minimum atomic E-state index is -1.30. The van der Waals surface area contributed by atoms with Gasteiger partial charge >= 0.3 is 0 Å². The Bertz CT molecular complexity index is 1650. The van der Waals surface area contributed by atoms with E-state index < -0.39 is 11.0 Å². The third kappa shape index (κ3) is 4.49. The Kier molecular flexibility index (Phi) is 7.96. The highest BCUT2D eigenvalue weighted by molar-refractivity contribution is 6.34. The number of anilines is 1. The highest BCUT2D eigenvalue weighted by atomic mass is 35.5. The first-order valence-corrected chi connectivity index (χ1v) is 16.3. The molecule has 0 saturated heterocycles. The third-order valence-electron chi connectivity index (χ3n) is 11.3. The molecule has 0 aliphatic heterocycles. The molecule has 3 aliphatic carbocycles. The Balaban J connectivity index is 1.72. The Morgan fingerprint density at radius 3 is 2.25 bits per heavy atom. The van der Waals surface area contributed by atoms with Crippen molar-refractivity contribution < 1.29 is 5.11 Å². The molecule has 5 rings (SSSR count). The first kappa shape index (κ1) is 32.4. The van der Waals surface area contributed by atoms with Crippen molar-refractivity contribution in [3.63, 3.8) is 0 Å². The van der Waals surface area contributed by atoms with Crippen LogP contribution in [0.2, 0.25) is 5.02 Å². The number of benzene rings is 2. The zero-order chi connectivity index (χ0) is 32.7. The maximum Gasteiger partial charge on any atom is 0.117 e. The molecule has 0 saturated carbocycles. The maximum absolute atomic E-state index is 13.1. The molecular formula is C40H51ClN2O. The number of nitrogens with two attached hydrogens (primary N) is 1. The average Bonchev–Trinajstić information content (AvgIpc) is 2.90. The van der Waals surface area contributed by atoms with Gasteiger partial charge in [0.25, 0.3) is 0 Å². The van der Waals surface area contributed by atoms with Crippen LogP contribution >= 0.6 is 11.6 Å². The summed E-state index contributed by atoms with van der Waals surface area (Å²) < 4.78 is 0. The smallest absolute Gasteiger partial charge is 0.117 e. The summed E-state index contributed by atoms with van der Waals surface area (Å²) in [7, 11) is 4.23. The molecule has 0 aromatic heterocycles. The summed E-state index contributed by atoms with van der Waals surface area (Å²) in [4.78, 5) is 2.22. The minimum Gasteiger partial charge on any atom is -0.399 e. The van der Waals surface area contributed by atoms with Gasteiger partial charge in [0.05, 0.1) is 5.02 Å². The fourth-order valence-electron chi connectivity index (χ4n) is 9.83. The lowest BCUT2D eigenvalue weighted by Gasteiger charge is -2.64. The number of aliphatic hydroxyl groups is 1. The molecule has 2 aromatic rings. The second-order valence-corrected chi connectivity index (χ2v) is 15.3. The normalized spacial score (nSPS) is 28.2. The predicted molar refractivity (Wildman–Crippen MR) is 189 cm³/mol. The van der Waals surface area contributed by atoms with Crippen molar-refractivity contribution >= 4 is 22.9 Å². The number of halogens is 1. The number of hydrogen-bond acceptors (Lipinski definition) is 3. The number of rotatable bonds is 6. The number of aryl methyl sites for hydroxylation is 3. The van der Waals surface area contributed by atoms with E-state index in [2.05, 4.69) is 111 Å². The van der Waals surface area contributed by atoms with Crippen molar-refractivity contribution in [3.8, 4) is 0 Å². The highest BCUT2D eigenvalue weighted by Gasteiger charge is 2.65. The van der Waals surface area contributed by atoms with Crippen LogP contribution in [0.1, 0.15) is 75.8 Å². The summed E-state index contributed by atoms with van der Waals surface area (Å²) in [6, 6.07) is 11.0. The monoisotopic (exact) mass is 610 g/mol. The average molecular weight is 611 g/mol. The van der Waals surface area contributed by atoms with Gasteiger partial charge in [0.2, 0.25) is 0 Å². The van der Waals surface area contributed by atoms with Gasteiger partial charge in [-0.15, -0.1) is 0 Å². The van der Waals surface area contributed by atoms with E-state index in [0.29, 0.717) is 11.3 Å². The van der Waals surface area contributed by atoms with Gasteiger partial charge in [0.15, 0.2) is 0 Å². The van der Waals surface area contributed by atoms with Crippen molar-refractivity contribution in [2.24, 2.45) is 28.4 Å². The van der Waals surface area contributed by atoms with Crippen LogP contribution in [0.15, 0.2) is 83.6 Å². The van der Waals surface area contributed by atoms with Crippen LogP contribution < -0.4 is 10.6 Å². The Labute approximate surface area is 270 Å². The Morgan fingerprint density at radius 2 is 1.70 bits per heavy atom. The number of hydrogen-bond donors (Lipinski definition) is 2. The first-order valence-electron chi connectivity index (χ1n) is 16.0. The molecule has 2 aromatic carbocycles. The lowest BCUT2D eigenvalue weighted by atomic mass is 9.42. The second kappa shape index (κ2) is 10.8. The first-order chi connectivity index (χ1) is 20.4. The van der Waals surface area contributed by atoms with E-state index in [1.807, 2.05) is 0 Å². The predicted octanol–water partition coefficient (Wildman–Crippen LogP) is 9.16. The maximum atomic E-state index is 13.1. The standard InChI is InChI=1S/C40H51ClN2O/c1-22(2)35-24(4)33(28(8)42)26(6)40(44)27(7)36-25(5)34-31(20-38(36,9)21-39(35,40)10)32(43(11)12)19-30(37(34)41)18-17-29-15-13-23(3)14-16-29/h13-16,19,22,35,44H,5-6,8,17-18,20-21,42H2,1-4,7,9-12H3/t35-,38+,39+,40-/m1/s1. The van der Waals surface area contributed by atoms with Crippen molar-refractivity contribution in [1.29, 1.82) is 0 Å². The van der Waals surface area contributed by atoms with Gasteiger partial charge < -0.3 is 15.7 Å². The zero-order valence-corrected chi connectivity index (χ0v) is 29.1. The second-order valence-electron chi connectivity index (χ2n) is 14.9. The number of nitrogens with zero attached hydrogens (tertiary/aromatic N) is 1. The zero-order valence-electron chi connectivity index (χ0n) is 28.3. The lowest BCUT2D eigenvalue weighted by Crippen LogP contribution is -2.62. The number of allylic oxidation sites excluding steroid dienone is 4. The fraction of sp³-hybridized carbons (Fsp3) is 0.450. The molecule has 0 spiro atoms. The van der Waals surface area contributed by atoms with E-state index in [9.17, 15) is 5.11 Å². The van der Waals surface area contributed by atoms with Gasteiger partial charge in [0.1, 0.15) is 5.60 Å². The van der Waals surface area contributed by atoms with Gasteiger partial charge in [-0.2, -0.15) is 0 Å². The molecule has 3 aliphatic rings. The van der Waals surface area contributed by atoms with E-state index in [0.717, 1.165) is 64.1 Å². The van der Waals surface area contributed by atoms with Crippen LogP contribution in [0.3, 0.4) is 0 Å². The largest absolute Gasteiger partial charge is 0.399 e. The molecule has 0 bridgehead atoms. The Hall–Kier alpha value is -3.01. The molecule has 44 heavy (non-hydrogen) atoms. The van der Waals surface area contributed by atoms with Crippen LogP contribution in [-0.4, -0.2) is 24.8 Å². The molecule has 0 amide bonds. The minimum absolute atomic E-state index is 0.0948. The van der Waals surface area contributed by atoms with Crippen LogP contribution in [0.4, 0.5) is 5.69 Å². The summed E-state index contributed by atoms with van der Waals surface area (Å²) in [5.41, 5.74) is 17.6. The van der Waals surface area contributed by atoms with E-state index in [-0.39, 0.29) is 17.3 Å². The Morgan fingerprint density at radius 1 is 1.09 bits per heavy atom. The summed E-state index contributed by atoms with van der Waals surface area (Å²) in [6.45, 7) is 28.9. The van der Waals surface area contributed by atoms with Gasteiger partial charge in [-0.25, -0.2) is 0 Å². The molecule has 0 unspecified atom stereocenters. The summed E-state index contributed by atoms with van der Waals surface area (Å²) in [5.74, 6) is 0.381. The summed E-state index contributed by atoms with van der Waals surface area (Å²) in [5, 5.41) is 13.9. The van der Waals surface area contributed by atoms with E-state index >= 15 is 0 Å². The third-order valence-corrected chi connectivity index (χ3v) is 11.7. The van der Waals surface area contributed by atoms with Crippen LogP contribution in [0.25, 0.3) is 5.57 Å². The molecule has 0 radical (unpaired) electrons. The van der Waals surface area contributed by atoms with Gasteiger partial charge in [0, 0.05) is 42.0 Å². The van der Waals surface area contributed by atoms with Gasteiger partial charge in [-0.3, -0.25) is 0 Å². The fourth-order valence-corrected chi connectivity index (χ4v) is 10.2. The van der Waals surface area contributed by atoms with Crippen molar-refractivity contribution in [2.45, 2.75) is 79.8 Å². The molecule has 234 valence electrons. The van der Waals surface area contributed by atoms with Crippen molar-refractivity contribution in [3.05, 3.63) is 116 Å². The van der Waals surface area contributed by atoms with E-state index in [4.69, 9.17) is 23.9 Å². The summed E-state index contributed by atoms with van der Waals surface area (Å²) in [6.07, 6.45) is 3.34. The van der Waals surface area contributed by atoms with E-state index in [1.165, 1.54) is 28.0 Å². The molecular weight excluding hydrogens is 560 g/mol. The van der Waals surface area contributed by atoms with Crippen LogP contribution in [0.5, 0.6) is 0 Å². The topological polar surface area (TPSA) is 49.5 Å². The van der Waals surface area contributed by atoms with Crippen molar-refractivity contribution in [2.75, 3.05) is 19.0 Å². The molecule has 3 nitrogen and oxygen atoms in total.